The molecule has 2 aromatic rings. The molecule has 15 heavy (non-hydrogen) atoms. The van der Waals surface area contributed by atoms with Crippen molar-refractivity contribution in [3.05, 3.63) is 59.7 Å². The summed E-state index contributed by atoms with van der Waals surface area (Å²) in [5.74, 6) is 0. The third-order valence-electron chi connectivity index (χ3n) is 2.70. The molecule has 0 aromatic heterocycles. The SMILES string of the molecule is CCc1[c]ccc(-c2ccccc2C)c1. The van der Waals surface area contributed by atoms with Gasteiger partial charge in [0.15, 0.2) is 0 Å². The fourth-order valence-corrected chi connectivity index (χ4v) is 1.78. The van der Waals surface area contributed by atoms with Gasteiger partial charge in [0.25, 0.3) is 0 Å². The van der Waals surface area contributed by atoms with Gasteiger partial charge in [-0.25, -0.2) is 0 Å². The van der Waals surface area contributed by atoms with E-state index in [0.29, 0.717) is 0 Å². The fraction of sp³-hybridized carbons (Fsp3) is 0.200. The molecule has 0 aliphatic carbocycles. The molecule has 0 aliphatic heterocycles. The van der Waals surface area contributed by atoms with Gasteiger partial charge in [-0.2, -0.15) is 0 Å². The molecule has 0 heterocycles. The molecular formula is C15H15. The van der Waals surface area contributed by atoms with Gasteiger partial charge in [0.1, 0.15) is 0 Å². The van der Waals surface area contributed by atoms with E-state index >= 15 is 0 Å². The smallest absolute Gasteiger partial charge is 0.0149 e. The van der Waals surface area contributed by atoms with Crippen molar-refractivity contribution in [2.45, 2.75) is 20.3 Å². The lowest BCUT2D eigenvalue weighted by atomic mass is 9.98. The molecule has 2 rings (SSSR count). The Labute approximate surface area is 91.6 Å². The number of aryl methyl sites for hydroxylation is 2. The molecule has 0 aliphatic rings. The molecule has 0 saturated carbocycles. The van der Waals surface area contributed by atoms with Crippen LogP contribution in [0.4, 0.5) is 0 Å². The highest BCUT2D eigenvalue weighted by molar-refractivity contribution is 5.67. The van der Waals surface area contributed by atoms with E-state index < -0.39 is 0 Å². The van der Waals surface area contributed by atoms with E-state index in [1.165, 1.54) is 22.3 Å². The van der Waals surface area contributed by atoms with Crippen LogP contribution in [-0.2, 0) is 6.42 Å². The zero-order chi connectivity index (χ0) is 10.7. The summed E-state index contributed by atoms with van der Waals surface area (Å²) in [5, 5.41) is 0. The molecule has 0 heteroatoms. The van der Waals surface area contributed by atoms with Gasteiger partial charge in [0.05, 0.1) is 0 Å². The third-order valence-corrected chi connectivity index (χ3v) is 2.70. The molecule has 75 valence electrons. The topological polar surface area (TPSA) is 0 Å². The predicted molar refractivity (Wildman–Crippen MR) is 64.8 cm³/mol. The molecule has 0 fully saturated rings. The normalized spacial score (nSPS) is 10.3. The second kappa shape index (κ2) is 4.31. The first-order valence-corrected chi connectivity index (χ1v) is 5.38. The van der Waals surface area contributed by atoms with E-state index in [1.54, 1.807) is 0 Å². The van der Waals surface area contributed by atoms with Crippen molar-refractivity contribution in [3.8, 4) is 11.1 Å². The number of hydrogen-bond acceptors (Lipinski definition) is 0. The molecule has 0 N–H and O–H groups in total. The minimum Gasteiger partial charge on any atom is -0.0620 e. The summed E-state index contributed by atoms with van der Waals surface area (Å²) in [6.45, 7) is 4.31. The van der Waals surface area contributed by atoms with Gasteiger partial charge >= 0.3 is 0 Å². The van der Waals surface area contributed by atoms with Gasteiger partial charge in [-0.15, -0.1) is 0 Å². The summed E-state index contributed by atoms with van der Waals surface area (Å²) >= 11 is 0. The van der Waals surface area contributed by atoms with E-state index in [0.717, 1.165) is 6.42 Å². The lowest BCUT2D eigenvalue weighted by Gasteiger charge is -2.06. The average molecular weight is 195 g/mol. The molecular weight excluding hydrogens is 180 g/mol. The highest BCUT2D eigenvalue weighted by Crippen LogP contribution is 2.23. The first-order valence-electron chi connectivity index (χ1n) is 5.38. The van der Waals surface area contributed by atoms with Crippen molar-refractivity contribution in [2.75, 3.05) is 0 Å². The zero-order valence-electron chi connectivity index (χ0n) is 9.25. The maximum atomic E-state index is 3.25. The van der Waals surface area contributed by atoms with Gasteiger partial charge in [-0.05, 0) is 41.7 Å². The van der Waals surface area contributed by atoms with Gasteiger partial charge in [-0.3, -0.25) is 0 Å². The maximum absolute atomic E-state index is 3.25. The first-order chi connectivity index (χ1) is 7.31. The van der Waals surface area contributed by atoms with Crippen LogP contribution in [0.25, 0.3) is 11.1 Å². The predicted octanol–water partition coefficient (Wildman–Crippen LogP) is 4.02. The lowest BCUT2D eigenvalue weighted by molar-refractivity contribution is 1.14. The van der Waals surface area contributed by atoms with E-state index in [2.05, 4.69) is 56.3 Å². The largest absolute Gasteiger partial charge is 0.0620 e. The Balaban J connectivity index is 2.49. The van der Waals surface area contributed by atoms with E-state index in [4.69, 9.17) is 0 Å². The maximum Gasteiger partial charge on any atom is -0.0149 e. The Hall–Kier alpha value is -1.56. The van der Waals surface area contributed by atoms with Crippen molar-refractivity contribution < 1.29 is 0 Å². The van der Waals surface area contributed by atoms with Crippen LogP contribution < -0.4 is 0 Å². The van der Waals surface area contributed by atoms with Crippen LogP contribution in [0.3, 0.4) is 0 Å². The molecule has 0 unspecified atom stereocenters. The molecule has 1 radical (unpaired) electrons. The second-order valence-corrected chi connectivity index (χ2v) is 3.77. The Bertz CT molecular complexity index is 455. The average Bonchev–Trinajstić information content (AvgIpc) is 2.30. The third kappa shape index (κ3) is 2.10. The highest BCUT2D eigenvalue weighted by atomic mass is 14.0. The molecule has 0 amide bonds. The standard InChI is InChI=1S/C15H15/c1-3-13-8-6-9-14(11-13)15-10-5-4-7-12(15)2/h4-7,9-11H,3H2,1-2H3. The Morgan fingerprint density at radius 1 is 1.13 bits per heavy atom. The summed E-state index contributed by atoms with van der Waals surface area (Å²) < 4.78 is 0. The van der Waals surface area contributed by atoms with Crippen LogP contribution in [0.15, 0.2) is 42.5 Å². The summed E-state index contributed by atoms with van der Waals surface area (Å²) in [6, 6.07) is 18.1. The van der Waals surface area contributed by atoms with Gasteiger partial charge in [0, 0.05) is 0 Å². The summed E-state index contributed by atoms with van der Waals surface area (Å²) in [7, 11) is 0. The minimum atomic E-state index is 1.04. The van der Waals surface area contributed by atoms with Crippen molar-refractivity contribution in [3.63, 3.8) is 0 Å². The number of benzene rings is 2. The van der Waals surface area contributed by atoms with Crippen LogP contribution in [0, 0.1) is 13.0 Å². The monoisotopic (exact) mass is 195 g/mol. The van der Waals surface area contributed by atoms with Crippen LogP contribution in [0.5, 0.6) is 0 Å². The van der Waals surface area contributed by atoms with E-state index in [1.807, 2.05) is 6.07 Å². The molecule has 2 aromatic carbocycles. The first kappa shape index (κ1) is 9.97. The molecule has 0 saturated heterocycles. The van der Waals surface area contributed by atoms with Crippen LogP contribution in [0.1, 0.15) is 18.1 Å². The van der Waals surface area contributed by atoms with Crippen LogP contribution in [-0.4, -0.2) is 0 Å². The van der Waals surface area contributed by atoms with Gasteiger partial charge < -0.3 is 0 Å². The fourth-order valence-electron chi connectivity index (χ4n) is 1.78. The molecule has 0 bridgehead atoms. The Morgan fingerprint density at radius 2 is 1.93 bits per heavy atom. The summed E-state index contributed by atoms with van der Waals surface area (Å²) in [4.78, 5) is 0. The number of rotatable bonds is 2. The Morgan fingerprint density at radius 3 is 2.67 bits per heavy atom. The molecule has 0 spiro atoms. The minimum absolute atomic E-state index is 1.04. The van der Waals surface area contributed by atoms with Gasteiger partial charge in [-0.1, -0.05) is 49.4 Å². The van der Waals surface area contributed by atoms with E-state index in [9.17, 15) is 0 Å². The molecule has 0 atom stereocenters. The zero-order valence-corrected chi connectivity index (χ0v) is 9.25. The van der Waals surface area contributed by atoms with Gasteiger partial charge in [0.2, 0.25) is 0 Å². The van der Waals surface area contributed by atoms with Crippen LogP contribution in [0.2, 0.25) is 0 Å². The van der Waals surface area contributed by atoms with E-state index in [-0.39, 0.29) is 0 Å². The lowest BCUT2D eigenvalue weighted by Crippen LogP contribution is -1.85. The van der Waals surface area contributed by atoms with Crippen molar-refractivity contribution in [1.29, 1.82) is 0 Å². The summed E-state index contributed by atoms with van der Waals surface area (Å²) in [5.41, 5.74) is 5.21. The Kier molecular flexibility index (Phi) is 2.86. The van der Waals surface area contributed by atoms with Crippen molar-refractivity contribution >= 4 is 0 Å². The molecule has 0 nitrogen and oxygen atoms in total. The highest BCUT2D eigenvalue weighted by Gasteiger charge is 2.00. The quantitative estimate of drug-likeness (QED) is 0.678. The van der Waals surface area contributed by atoms with Crippen molar-refractivity contribution in [1.82, 2.24) is 0 Å². The number of hydrogen-bond donors (Lipinski definition) is 0. The second-order valence-electron chi connectivity index (χ2n) is 3.77. The summed E-state index contributed by atoms with van der Waals surface area (Å²) in [6.07, 6.45) is 1.04. The van der Waals surface area contributed by atoms with Crippen LogP contribution >= 0.6 is 0 Å². The van der Waals surface area contributed by atoms with Crippen molar-refractivity contribution in [2.24, 2.45) is 0 Å².